The molecule has 4 aromatic rings. The number of anilines is 4. The van der Waals surface area contributed by atoms with Gasteiger partial charge in [-0.05, 0) is 59.7 Å². The van der Waals surface area contributed by atoms with Crippen LogP contribution in [0.4, 0.5) is 22.7 Å². The molecule has 0 radical (unpaired) electrons. The summed E-state index contributed by atoms with van der Waals surface area (Å²) in [5, 5.41) is 36.9. The first-order chi connectivity index (χ1) is 24.8. The zero-order valence-corrected chi connectivity index (χ0v) is 28.2. The van der Waals surface area contributed by atoms with Crippen molar-refractivity contribution in [1.29, 1.82) is 0 Å². The van der Waals surface area contributed by atoms with Crippen molar-refractivity contribution in [1.82, 2.24) is 21.3 Å². The standard InChI is InChI=1S/C32H30N10O8S2.2Na.2H/c43-31-19-29(33-23-7-3-1-4-8-23)37-41(39-31)35-25-15-13-21(27(17-25)51(45,46)47)11-12-22-14-16-26(18-28(22)52(48,49)50)36-42-38-30(20-32(44)40-42)34-24-9-5-2-6-10-24;;;;/h1-20,35-36,39-40,43-44H,(H,33,37)(H,34,38)(H,45,46,47)(H,48,49,50);;;;/b12-11+;;;;. The fourth-order valence-electron chi connectivity index (χ4n) is 4.78. The van der Waals surface area contributed by atoms with Gasteiger partial charge >= 0.3 is 59.1 Å². The van der Waals surface area contributed by atoms with E-state index in [1.165, 1.54) is 48.6 Å². The molecule has 4 aromatic carbocycles. The Morgan fingerprint density at radius 3 is 1.28 bits per heavy atom. The van der Waals surface area contributed by atoms with E-state index in [1.807, 2.05) is 12.1 Å². The van der Waals surface area contributed by atoms with Crippen molar-refractivity contribution in [3.05, 3.63) is 132 Å². The second-order valence-corrected chi connectivity index (χ2v) is 13.7. The third kappa shape index (κ3) is 11.4. The first-order valence-electron chi connectivity index (χ1n) is 15.0. The van der Waals surface area contributed by atoms with Crippen LogP contribution in [0, 0.1) is 0 Å². The maximum absolute atomic E-state index is 12.4. The van der Waals surface area contributed by atoms with Gasteiger partial charge in [0.05, 0.1) is 11.4 Å². The molecule has 6 rings (SSSR count). The van der Waals surface area contributed by atoms with E-state index in [-0.39, 0.29) is 105 Å². The summed E-state index contributed by atoms with van der Waals surface area (Å²) < 4.78 is 69.7. The van der Waals surface area contributed by atoms with E-state index in [1.54, 1.807) is 48.5 Å². The number of hydrazone groups is 2. The average Bonchev–Trinajstić information content (AvgIpc) is 3.07. The Kier molecular flexibility index (Phi) is 14.0. The molecule has 0 fully saturated rings. The maximum atomic E-state index is 12.4. The number of amidine groups is 2. The Hall–Kier alpha value is -4.74. The molecule has 0 saturated heterocycles. The molecule has 0 bridgehead atoms. The topological polar surface area (TPSA) is 253 Å². The molecular formula is C32H32N10Na2O8S2. The Morgan fingerprint density at radius 1 is 0.556 bits per heavy atom. The zero-order valence-electron chi connectivity index (χ0n) is 26.6. The van der Waals surface area contributed by atoms with Crippen LogP contribution in [0.25, 0.3) is 12.2 Å². The van der Waals surface area contributed by atoms with Crippen LogP contribution >= 0.6 is 0 Å². The molecule has 54 heavy (non-hydrogen) atoms. The molecule has 0 amide bonds. The van der Waals surface area contributed by atoms with Crippen molar-refractivity contribution >= 4 is 126 Å². The number of aliphatic hydroxyl groups is 2. The minimum atomic E-state index is -4.83. The van der Waals surface area contributed by atoms with Gasteiger partial charge in [-0.15, -0.1) is 20.7 Å². The van der Waals surface area contributed by atoms with E-state index in [4.69, 9.17) is 0 Å². The van der Waals surface area contributed by atoms with Crippen molar-refractivity contribution < 1.29 is 36.2 Å². The van der Waals surface area contributed by atoms with E-state index >= 15 is 0 Å². The summed E-state index contributed by atoms with van der Waals surface area (Å²) in [6, 6.07) is 25.8. The van der Waals surface area contributed by atoms with Crippen LogP contribution in [0.1, 0.15) is 11.1 Å². The molecule has 0 aromatic heterocycles. The summed E-state index contributed by atoms with van der Waals surface area (Å²) in [6.45, 7) is 0. The summed E-state index contributed by atoms with van der Waals surface area (Å²) in [5.41, 5.74) is 12.2. The van der Waals surface area contributed by atoms with Gasteiger partial charge in [-0.1, -0.05) is 60.7 Å². The first-order valence-corrected chi connectivity index (χ1v) is 17.9. The monoisotopic (exact) mass is 794 g/mol. The molecular weight excluding hydrogens is 763 g/mol. The number of nitrogens with zero attached hydrogens (tertiary/aromatic N) is 4. The molecule has 2 aliphatic rings. The van der Waals surface area contributed by atoms with Crippen LogP contribution in [0.15, 0.2) is 141 Å². The third-order valence-corrected chi connectivity index (χ3v) is 8.81. The number of hydrogen-bond donors (Lipinski definition) is 10. The predicted octanol–water partition coefficient (Wildman–Crippen LogP) is 3.00. The van der Waals surface area contributed by atoms with Gasteiger partial charge < -0.3 is 20.8 Å². The van der Waals surface area contributed by atoms with Crippen molar-refractivity contribution in [2.75, 3.05) is 21.5 Å². The molecule has 0 spiro atoms. The summed E-state index contributed by atoms with van der Waals surface area (Å²) in [4.78, 5) is -1.10. The molecule has 10 N–H and O–H groups in total. The average molecular weight is 795 g/mol. The Morgan fingerprint density at radius 2 is 0.926 bits per heavy atom. The van der Waals surface area contributed by atoms with Crippen molar-refractivity contribution in [3.8, 4) is 0 Å². The van der Waals surface area contributed by atoms with Crippen LogP contribution in [0.5, 0.6) is 0 Å². The molecule has 0 atom stereocenters. The number of hydrazine groups is 4. The molecule has 18 nitrogen and oxygen atoms in total. The van der Waals surface area contributed by atoms with Gasteiger partial charge in [-0.25, -0.2) is 10.9 Å². The van der Waals surface area contributed by atoms with E-state index in [0.29, 0.717) is 11.4 Å². The van der Waals surface area contributed by atoms with Crippen LogP contribution in [0.3, 0.4) is 0 Å². The van der Waals surface area contributed by atoms with E-state index < -0.39 is 30.0 Å². The molecule has 2 heterocycles. The van der Waals surface area contributed by atoms with Gasteiger partial charge in [0, 0.05) is 23.5 Å². The summed E-state index contributed by atoms with van der Waals surface area (Å²) in [5.74, 6) is -0.0997. The quantitative estimate of drug-likeness (QED) is 0.0629. The predicted molar refractivity (Wildman–Crippen MR) is 209 cm³/mol. The summed E-state index contributed by atoms with van der Waals surface area (Å²) >= 11 is 0. The fraction of sp³-hybridized carbons (Fsp3) is 0. The minimum absolute atomic E-state index is 0. The third-order valence-electron chi connectivity index (χ3n) is 6.99. The summed E-state index contributed by atoms with van der Waals surface area (Å²) in [6.07, 6.45) is 5.12. The number of hydrogen-bond acceptors (Lipinski definition) is 16. The SMILES string of the molecule is O=S(=O)(O)c1cc(NN2N=C(Nc3ccccc3)C=C(O)N2)ccc1/C=C/c1ccc(NN2N=C(Nc3ccccc3)C=C(O)N2)cc1S(=O)(=O)O.[NaH].[NaH]. The molecule has 22 heteroatoms. The number of nitrogens with one attached hydrogen (secondary N) is 6. The molecule has 0 unspecified atom stereocenters. The number of para-hydroxylation sites is 2. The van der Waals surface area contributed by atoms with Gasteiger partial charge in [0.2, 0.25) is 11.8 Å². The fourth-order valence-corrected chi connectivity index (χ4v) is 6.20. The van der Waals surface area contributed by atoms with Gasteiger partial charge in [-0.3, -0.25) is 20.0 Å². The number of rotatable bonds is 10. The van der Waals surface area contributed by atoms with Crippen molar-refractivity contribution in [3.63, 3.8) is 0 Å². The number of aliphatic hydroxyl groups excluding tert-OH is 2. The Labute approximate surface area is 354 Å². The van der Waals surface area contributed by atoms with Crippen molar-refractivity contribution in [2.24, 2.45) is 10.2 Å². The normalized spacial score (nSPS) is 14.1. The molecule has 272 valence electrons. The van der Waals surface area contributed by atoms with Crippen LogP contribution in [0.2, 0.25) is 0 Å². The second-order valence-electron chi connectivity index (χ2n) is 10.9. The number of benzene rings is 4. The Balaban J connectivity index is 0.00000325. The van der Waals surface area contributed by atoms with Crippen LogP contribution in [-0.2, 0) is 20.2 Å². The van der Waals surface area contributed by atoms with E-state index in [9.17, 15) is 36.2 Å². The van der Waals surface area contributed by atoms with E-state index in [0.717, 1.165) is 22.6 Å². The molecule has 0 saturated carbocycles. The van der Waals surface area contributed by atoms with Crippen LogP contribution in [-0.4, -0.2) is 117 Å². The van der Waals surface area contributed by atoms with Gasteiger partial charge in [0.25, 0.3) is 20.2 Å². The molecule has 2 aliphatic heterocycles. The first kappa shape index (κ1) is 42.0. The van der Waals surface area contributed by atoms with Crippen molar-refractivity contribution in [2.45, 2.75) is 9.79 Å². The molecule has 0 aliphatic carbocycles. The summed E-state index contributed by atoms with van der Waals surface area (Å²) in [7, 11) is -9.65. The van der Waals surface area contributed by atoms with Gasteiger partial charge in [-0.2, -0.15) is 16.8 Å². The second kappa shape index (κ2) is 18.1. The van der Waals surface area contributed by atoms with Gasteiger partial charge in [0.1, 0.15) is 9.79 Å². The Bertz CT molecular complexity index is 2200. The van der Waals surface area contributed by atoms with Crippen LogP contribution < -0.4 is 32.3 Å². The zero-order chi connectivity index (χ0) is 36.9. The van der Waals surface area contributed by atoms with E-state index in [2.05, 4.69) is 42.5 Å². The van der Waals surface area contributed by atoms with Gasteiger partial charge in [0.15, 0.2) is 11.7 Å².